The number of ether oxygens (including phenoxy) is 1. The van der Waals surface area contributed by atoms with E-state index in [0.717, 1.165) is 0 Å². The van der Waals surface area contributed by atoms with Crippen LogP contribution in [-0.4, -0.2) is 11.8 Å². The van der Waals surface area contributed by atoms with E-state index in [0.29, 0.717) is 27.5 Å². The Morgan fingerprint density at radius 2 is 1.62 bits per heavy atom. The lowest BCUT2D eigenvalue weighted by Crippen LogP contribution is -2.41. The van der Waals surface area contributed by atoms with Gasteiger partial charge < -0.3 is 13.6 Å². The summed E-state index contributed by atoms with van der Waals surface area (Å²) in [5.41, 5.74) is 5.08. The molecule has 0 unspecified atom stereocenters. The number of hydrazine groups is 1. The molecule has 146 valence electrons. The maximum Gasteiger partial charge on any atom is 0.305 e. The van der Waals surface area contributed by atoms with E-state index < -0.39 is 11.8 Å². The van der Waals surface area contributed by atoms with E-state index in [1.807, 2.05) is 30.3 Å². The summed E-state index contributed by atoms with van der Waals surface area (Å²) < 4.78 is 16.4. The van der Waals surface area contributed by atoms with Gasteiger partial charge in [-0.15, -0.1) is 0 Å². The Labute approximate surface area is 170 Å². The van der Waals surface area contributed by atoms with Crippen molar-refractivity contribution in [2.24, 2.45) is 0 Å². The van der Waals surface area contributed by atoms with Crippen LogP contribution in [0.2, 0.25) is 5.02 Å². The van der Waals surface area contributed by atoms with Gasteiger partial charge in [0.2, 0.25) is 0 Å². The second-order valence-corrected chi connectivity index (χ2v) is 6.51. The highest BCUT2D eigenvalue weighted by Crippen LogP contribution is 2.23. The predicted octanol–water partition coefficient (Wildman–Crippen LogP) is 4.33. The van der Waals surface area contributed by atoms with Gasteiger partial charge in [-0.3, -0.25) is 20.4 Å². The molecule has 2 heterocycles. The summed E-state index contributed by atoms with van der Waals surface area (Å²) in [6.07, 6.45) is 0. The van der Waals surface area contributed by atoms with Crippen molar-refractivity contribution in [2.45, 2.75) is 6.61 Å². The molecule has 0 aliphatic carbocycles. The van der Waals surface area contributed by atoms with Crippen molar-refractivity contribution in [1.29, 1.82) is 0 Å². The zero-order valence-corrected chi connectivity index (χ0v) is 15.7. The average molecular weight is 411 g/mol. The molecule has 0 aliphatic rings. The number of halogens is 1. The van der Waals surface area contributed by atoms with E-state index in [4.69, 9.17) is 25.2 Å². The molecule has 2 aromatic carbocycles. The van der Waals surface area contributed by atoms with E-state index >= 15 is 0 Å². The molecule has 0 radical (unpaired) electrons. The number of benzene rings is 2. The van der Waals surface area contributed by atoms with Crippen LogP contribution < -0.4 is 15.6 Å². The van der Waals surface area contributed by atoms with Crippen molar-refractivity contribution < 1.29 is 23.2 Å². The standard InChI is InChI=1S/C21H15ClN2O5/c22-14-6-8-17-13(10-14)11-19(29-17)21(26)24-23-20(25)18-9-7-16(28-18)12-27-15-4-2-1-3-5-15/h1-11H,12H2,(H,23,25)(H,24,26). The number of hydrogen-bond donors (Lipinski definition) is 2. The molecule has 7 nitrogen and oxygen atoms in total. The summed E-state index contributed by atoms with van der Waals surface area (Å²) in [7, 11) is 0. The summed E-state index contributed by atoms with van der Waals surface area (Å²) in [5, 5.41) is 1.21. The molecular formula is C21H15ClN2O5. The number of para-hydroxylation sites is 1. The molecule has 2 N–H and O–H groups in total. The lowest BCUT2D eigenvalue weighted by atomic mass is 10.2. The molecule has 0 saturated heterocycles. The van der Waals surface area contributed by atoms with E-state index in [9.17, 15) is 9.59 Å². The number of rotatable bonds is 5. The van der Waals surface area contributed by atoms with E-state index in [-0.39, 0.29) is 18.1 Å². The smallest absolute Gasteiger partial charge is 0.305 e. The minimum absolute atomic E-state index is 0.0355. The van der Waals surface area contributed by atoms with Gasteiger partial charge in [0.1, 0.15) is 23.7 Å². The third-order valence-electron chi connectivity index (χ3n) is 4.00. The van der Waals surface area contributed by atoms with Gasteiger partial charge in [-0.1, -0.05) is 29.8 Å². The summed E-state index contributed by atoms with van der Waals surface area (Å²) in [6.45, 7) is 0.172. The second-order valence-electron chi connectivity index (χ2n) is 6.07. The largest absolute Gasteiger partial charge is 0.486 e. The first kappa shape index (κ1) is 18.6. The van der Waals surface area contributed by atoms with Crippen molar-refractivity contribution >= 4 is 34.4 Å². The fourth-order valence-corrected chi connectivity index (χ4v) is 2.79. The van der Waals surface area contributed by atoms with Crippen LogP contribution in [0.1, 0.15) is 26.9 Å². The lowest BCUT2D eigenvalue weighted by Gasteiger charge is -2.04. The van der Waals surface area contributed by atoms with Crippen molar-refractivity contribution in [1.82, 2.24) is 10.9 Å². The Hall–Kier alpha value is -3.71. The molecule has 0 saturated carbocycles. The normalized spacial score (nSPS) is 10.7. The van der Waals surface area contributed by atoms with Gasteiger partial charge in [0, 0.05) is 10.4 Å². The monoisotopic (exact) mass is 410 g/mol. The lowest BCUT2D eigenvalue weighted by molar-refractivity contribution is 0.0816. The molecule has 0 spiro atoms. The highest BCUT2D eigenvalue weighted by atomic mass is 35.5. The molecular weight excluding hydrogens is 396 g/mol. The minimum Gasteiger partial charge on any atom is -0.486 e. The van der Waals surface area contributed by atoms with Crippen molar-refractivity contribution in [3.63, 3.8) is 0 Å². The van der Waals surface area contributed by atoms with E-state index in [1.54, 1.807) is 24.3 Å². The minimum atomic E-state index is -0.608. The molecule has 4 rings (SSSR count). The van der Waals surface area contributed by atoms with Crippen LogP contribution in [0.4, 0.5) is 0 Å². The van der Waals surface area contributed by atoms with E-state index in [2.05, 4.69) is 10.9 Å². The Balaban J connectivity index is 1.33. The first-order chi connectivity index (χ1) is 14.1. The zero-order valence-electron chi connectivity index (χ0n) is 15.0. The third-order valence-corrected chi connectivity index (χ3v) is 4.24. The van der Waals surface area contributed by atoms with Gasteiger partial charge >= 0.3 is 11.8 Å². The van der Waals surface area contributed by atoms with Gasteiger partial charge in [-0.2, -0.15) is 0 Å². The van der Waals surface area contributed by atoms with Crippen LogP contribution in [0.3, 0.4) is 0 Å². The number of fused-ring (bicyclic) bond motifs is 1. The van der Waals surface area contributed by atoms with Gasteiger partial charge in [-0.05, 0) is 48.5 Å². The number of carbonyl (C=O) groups is 2. The Bertz CT molecular complexity index is 1170. The molecule has 2 amide bonds. The molecule has 0 aliphatic heterocycles. The van der Waals surface area contributed by atoms with Gasteiger partial charge in [0.05, 0.1) is 0 Å². The topological polar surface area (TPSA) is 93.7 Å². The van der Waals surface area contributed by atoms with Crippen LogP contribution in [0, 0.1) is 0 Å². The predicted molar refractivity (Wildman–Crippen MR) is 106 cm³/mol. The highest BCUT2D eigenvalue weighted by Gasteiger charge is 2.16. The molecule has 0 atom stereocenters. The van der Waals surface area contributed by atoms with Crippen molar-refractivity contribution in [3.8, 4) is 5.75 Å². The highest BCUT2D eigenvalue weighted by molar-refractivity contribution is 6.31. The van der Waals surface area contributed by atoms with E-state index in [1.165, 1.54) is 12.1 Å². The number of furan rings is 2. The summed E-state index contributed by atoms with van der Waals surface area (Å²) in [5.74, 6) is 0.0226. The molecule has 0 bridgehead atoms. The van der Waals surface area contributed by atoms with Crippen LogP contribution in [0.25, 0.3) is 11.0 Å². The van der Waals surface area contributed by atoms with Crippen LogP contribution in [0.5, 0.6) is 5.75 Å². The molecule has 0 fully saturated rings. The number of amides is 2. The summed E-state index contributed by atoms with van der Waals surface area (Å²) in [4.78, 5) is 24.4. The first-order valence-electron chi connectivity index (χ1n) is 8.65. The van der Waals surface area contributed by atoms with Crippen molar-refractivity contribution in [3.05, 3.63) is 89.0 Å². The van der Waals surface area contributed by atoms with Crippen molar-refractivity contribution in [2.75, 3.05) is 0 Å². The SMILES string of the molecule is O=C(NNC(=O)c1cc2cc(Cl)ccc2o1)c1ccc(COc2ccccc2)o1. The quantitative estimate of drug-likeness (QED) is 0.477. The molecule has 29 heavy (non-hydrogen) atoms. The van der Waals surface area contributed by atoms with Gasteiger partial charge in [0.25, 0.3) is 0 Å². The maximum atomic E-state index is 12.2. The Morgan fingerprint density at radius 1 is 0.862 bits per heavy atom. The Morgan fingerprint density at radius 3 is 2.41 bits per heavy atom. The number of nitrogens with one attached hydrogen (secondary N) is 2. The fraction of sp³-hybridized carbons (Fsp3) is 0.0476. The second kappa shape index (κ2) is 8.12. The Kier molecular flexibility index (Phi) is 5.22. The van der Waals surface area contributed by atoms with Crippen LogP contribution in [0.15, 0.2) is 75.6 Å². The zero-order chi connectivity index (χ0) is 20.2. The van der Waals surface area contributed by atoms with Gasteiger partial charge in [0.15, 0.2) is 11.5 Å². The molecule has 4 aromatic rings. The van der Waals surface area contributed by atoms with Crippen LogP contribution >= 0.6 is 11.6 Å². The first-order valence-corrected chi connectivity index (χ1v) is 9.02. The fourth-order valence-electron chi connectivity index (χ4n) is 2.61. The number of carbonyl (C=O) groups excluding carboxylic acids is 2. The number of hydrogen-bond acceptors (Lipinski definition) is 5. The molecule has 8 heteroatoms. The van der Waals surface area contributed by atoms with Crippen LogP contribution in [-0.2, 0) is 6.61 Å². The van der Waals surface area contributed by atoms with Gasteiger partial charge in [-0.25, -0.2) is 0 Å². The average Bonchev–Trinajstić information content (AvgIpc) is 3.38. The summed E-state index contributed by atoms with van der Waals surface area (Å²) in [6, 6.07) is 18.9. The molecule has 2 aromatic heterocycles. The summed E-state index contributed by atoms with van der Waals surface area (Å²) >= 11 is 5.92. The third kappa shape index (κ3) is 4.41. The maximum absolute atomic E-state index is 12.2.